The van der Waals surface area contributed by atoms with Crippen LogP contribution in [-0.2, 0) is 4.79 Å². The van der Waals surface area contributed by atoms with Gasteiger partial charge in [0.05, 0.1) is 11.4 Å². The van der Waals surface area contributed by atoms with Crippen molar-refractivity contribution in [1.29, 1.82) is 0 Å². The maximum atomic E-state index is 11.6. The summed E-state index contributed by atoms with van der Waals surface area (Å²) < 4.78 is 0. The molecule has 1 atom stereocenters. The highest BCUT2D eigenvalue weighted by atomic mass is 16.1. The van der Waals surface area contributed by atoms with Crippen molar-refractivity contribution in [3.63, 3.8) is 0 Å². The summed E-state index contributed by atoms with van der Waals surface area (Å²) in [6, 6.07) is 3.73. The lowest BCUT2D eigenvalue weighted by atomic mass is 10.1. The van der Waals surface area contributed by atoms with E-state index in [4.69, 9.17) is 5.73 Å². The first kappa shape index (κ1) is 11.7. The Morgan fingerprint density at radius 2 is 2.20 bits per heavy atom. The summed E-state index contributed by atoms with van der Waals surface area (Å²) in [7, 11) is 0. The van der Waals surface area contributed by atoms with E-state index in [9.17, 15) is 4.79 Å². The van der Waals surface area contributed by atoms with Crippen molar-refractivity contribution < 1.29 is 4.79 Å². The van der Waals surface area contributed by atoms with Crippen LogP contribution < -0.4 is 11.1 Å². The highest BCUT2D eigenvalue weighted by Gasteiger charge is 2.11. The van der Waals surface area contributed by atoms with Crippen LogP contribution in [0.2, 0.25) is 0 Å². The van der Waals surface area contributed by atoms with Crippen LogP contribution in [0.5, 0.6) is 0 Å². The van der Waals surface area contributed by atoms with Crippen molar-refractivity contribution in [3.05, 3.63) is 23.5 Å². The SMILES string of the molecule is Cc1ccc(NC(=O)C(C)CN)c(C)n1. The smallest absolute Gasteiger partial charge is 0.228 e. The third-order valence-electron chi connectivity index (χ3n) is 2.28. The molecule has 4 nitrogen and oxygen atoms in total. The fourth-order valence-corrected chi connectivity index (χ4v) is 1.18. The van der Waals surface area contributed by atoms with Gasteiger partial charge in [-0.2, -0.15) is 0 Å². The van der Waals surface area contributed by atoms with Crippen LogP contribution in [0.4, 0.5) is 5.69 Å². The Kier molecular flexibility index (Phi) is 3.80. The predicted molar refractivity (Wildman–Crippen MR) is 60.6 cm³/mol. The number of anilines is 1. The van der Waals surface area contributed by atoms with Gasteiger partial charge < -0.3 is 11.1 Å². The monoisotopic (exact) mass is 207 g/mol. The van der Waals surface area contributed by atoms with Crippen LogP contribution in [0.25, 0.3) is 0 Å². The second-order valence-corrected chi connectivity index (χ2v) is 3.71. The summed E-state index contributed by atoms with van der Waals surface area (Å²) in [5, 5.41) is 2.81. The van der Waals surface area contributed by atoms with Crippen LogP contribution >= 0.6 is 0 Å². The van der Waals surface area contributed by atoms with Crippen LogP contribution in [0, 0.1) is 19.8 Å². The lowest BCUT2D eigenvalue weighted by Gasteiger charge is -2.11. The fourth-order valence-electron chi connectivity index (χ4n) is 1.18. The Labute approximate surface area is 89.9 Å². The Morgan fingerprint density at radius 3 is 2.73 bits per heavy atom. The number of aromatic nitrogens is 1. The summed E-state index contributed by atoms with van der Waals surface area (Å²) >= 11 is 0. The molecule has 0 aliphatic heterocycles. The lowest BCUT2D eigenvalue weighted by Crippen LogP contribution is -2.27. The number of carbonyl (C=O) groups is 1. The summed E-state index contributed by atoms with van der Waals surface area (Å²) in [5.41, 5.74) is 7.94. The number of nitrogens with zero attached hydrogens (tertiary/aromatic N) is 1. The molecule has 0 saturated carbocycles. The summed E-state index contributed by atoms with van der Waals surface area (Å²) in [4.78, 5) is 15.8. The van der Waals surface area contributed by atoms with Gasteiger partial charge in [-0.25, -0.2) is 0 Å². The normalized spacial score (nSPS) is 12.3. The first-order valence-corrected chi connectivity index (χ1v) is 4.99. The van der Waals surface area contributed by atoms with Crippen LogP contribution in [-0.4, -0.2) is 17.4 Å². The molecule has 0 aliphatic carbocycles. The van der Waals surface area contributed by atoms with Crippen molar-refractivity contribution in [2.24, 2.45) is 11.7 Å². The highest BCUT2D eigenvalue weighted by Crippen LogP contribution is 2.13. The zero-order valence-corrected chi connectivity index (χ0v) is 9.37. The number of hydrogen-bond acceptors (Lipinski definition) is 3. The number of nitrogens with one attached hydrogen (secondary N) is 1. The van der Waals surface area contributed by atoms with Gasteiger partial charge >= 0.3 is 0 Å². The molecule has 1 amide bonds. The largest absolute Gasteiger partial charge is 0.330 e. The van der Waals surface area contributed by atoms with Crippen LogP contribution in [0.1, 0.15) is 18.3 Å². The predicted octanol–water partition coefficient (Wildman–Crippen LogP) is 1.23. The zero-order valence-electron chi connectivity index (χ0n) is 9.37. The molecule has 0 aliphatic rings. The Bertz CT molecular complexity index is 363. The minimum atomic E-state index is -0.175. The Hall–Kier alpha value is -1.42. The second-order valence-electron chi connectivity index (χ2n) is 3.71. The number of amides is 1. The van der Waals surface area contributed by atoms with E-state index in [0.29, 0.717) is 6.54 Å². The van der Waals surface area contributed by atoms with Crippen LogP contribution in [0.3, 0.4) is 0 Å². The van der Waals surface area contributed by atoms with Crippen molar-refractivity contribution in [3.8, 4) is 0 Å². The average Bonchev–Trinajstić information content (AvgIpc) is 2.20. The Morgan fingerprint density at radius 1 is 1.53 bits per heavy atom. The lowest BCUT2D eigenvalue weighted by molar-refractivity contribution is -0.119. The average molecular weight is 207 g/mol. The van der Waals surface area contributed by atoms with Gasteiger partial charge in [-0.15, -0.1) is 0 Å². The summed E-state index contributed by atoms with van der Waals surface area (Å²) in [6.07, 6.45) is 0. The molecule has 1 rings (SSSR count). The van der Waals surface area contributed by atoms with Crippen molar-refractivity contribution in [2.45, 2.75) is 20.8 Å². The molecule has 0 spiro atoms. The molecule has 0 fully saturated rings. The third kappa shape index (κ3) is 3.02. The molecule has 0 saturated heterocycles. The molecule has 0 aromatic carbocycles. The molecular weight excluding hydrogens is 190 g/mol. The quantitative estimate of drug-likeness (QED) is 0.783. The van der Waals surface area contributed by atoms with E-state index in [1.165, 1.54) is 0 Å². The number of hydrogen-bond donors (Lipinski definition) is 2. The van der Waals surface area contributed by atoms with E-state index in [-0.39, 0.29) is 11.8 Å². The van der Waals surface area contributed by atoms with Crippen LogP contribution in [0.15, 0.2) is 12.1 Å². The van der Waals surface area contributed by atoms with Gasteiger partial charge in [0.15, 0.2) is 0 Å². The second kappa shape index (κ2) is 4.89. The minimum absolute atomic E-state index is 0.0637. The fraction of sp³-hybridized carbons (Fsp3) is 0.455. The number of rotatable bonds is 3. The zero-order chi connectivity index (χ0) is 11.4. The molecule has 0 radical (unpaired) electrons. The van der Waals surface area contributed by atoms with Gasteiger partial charge in [-0.05, 0) is 26.0 Å². The van der Waals surface area contributed by atoms with Crippen molar-refractivity contribution in [2.75, 3.05) is 11.9 Å². The standard InChI is InChI=1S/C11H17N3O/c1-7(6-12)11(15)14-10-5-4-8(2)13-9(10)3/h4-5,7H,6,12H2,1-3H3,(H,14,15). The number of nitrogens with two attached hydrogens (primary N) is 1. The molecule has 1 unspecified atom stereocenters. The van der Waals surface area contributed by atoms with E-state index < -0.39 is 0 Å². The summed E-state index contributed by atoms with van der Waals surface area (Å²) in [5.74, 6) is -0.239. The number of aryl methyl sites for hydroxylation is 2. The van der Waals surface area contributed by atoms with Crippen molar-refractivity contribution >= 4 is 11.6 Å². The molecule has 3 N–H and O–H groups in total. The molecule has 1 aromatic heterocycles. The molecule has 4 heteroatoms. The van der Waals surface area contributed by atoms with Gasteiger partial charge in [-0.3, -0.25) is 9.78 Å². The first-order valence-electron chi connectivity index (χ1n) is 4.99. The molecule has 1 aromatic rings. The molecule has 0 bridgehead atoms. The molecule has 15 heavy (non-hydrogen) atoms. The molecule has 1 heterocycles. The minimum Gasteiger partial charge on any atom is -0.330 e. The van der Waals surface area contributed by atoms with E-state index in [1.807, 2.05) is 26.0 Å². The summed E-state index contributed by atoms with van der Waals surface area (Å²) in [6.45, 7) is 5.94. The third-order valence-corrected chi connectivity index (χ3v) is 2.28. The van der Waals surface area contributed by atoms with Gasteiger partial charge in [0.2, 0.25) is 5.91 Å². The Balaban J connectivity index is 2.77. The van der Waals surface area contributed by atoms with Crippen molar-refractivity contribution in [1.82, 2.24) is 4.98 Å². The maximum Gasteiger partial charge on any atom is 0.228 e. The topological polar surface area (TPSA) is 68.0 Å². The van der Waals surface area contributed by atoms with E-state index in [0.717, 1.165) is 17.1 Å². The van der Waals surface area contributed by atoms with E-state index in [1.54, 1.807) is 6.92 Å². The number of pyridine rings is 1. The van der Waals surface area contributed by atoms with Gasteiger partial charge in [0, 0.05) is 18.2 Å². The highest BCUT2D eigenvalue weighted by molar-refractivity contribution is 5.92. The van der Waals surface area contributed by atoms with E-state index >= 15 is 0 Å². The maximum absolute atomic E-state index is 11.6. The first-order chi connectivity index (χ1) is 7.04. The van der Waals surface area contributed by atoms with Gasteiger partial charge in [0.25, 0.3) is 0 Å². The van der Waals surface area contributed by atoms with Gasteiger partial charge in [0.1, 0.15) is 0 Å². The molecular formula is C11H17N3O. The molecule has 82 valence electrons. The van der Waals surface area contributed by atoms with Gasteiger partial charge in [-0.1, -0.05) is 6.92 Å². The number of carbonyl (C=O) groups excluding carboxylic acids is 1. The van der Waals surface area contributed by atoms with E-state index in [2.05, 4.69) is 10.3 Å².